The predicted octanol–water partition coefficient (Wildman–Crippen LogP) is 1.90. The van der Waals surface area contributed by atoms with Crippen molar-refractivity contribution in [3.05, 3.63) is 11.4 Å². The van der Waals surface area contributed by atoms with E-state index in [-0.39, 0.29) is 17.3 Å². The van der Waals surface area contributed by atoms with E-state index < -0.39 is 5.91 Å². The molecule has 1 saturated heterocycles. The molecule has 4 rings (SSSR count). The van der Waals surface area contributed by atoms with E-state index in [1.165, 1.54) is 30.4 Å². The van der Waals surface area contributed by atoms with Crippen molar-refractivity contribution in [3.8, 4) is 5.82 Å². The van der Waals surface area contributed by atoms with E-state index in [0.717, 1.165) is 32.2 Å². The summed E-state index contributed by atoms with van der Waals surface area (Å²) in [6, 6.07) is 0.398. The van der Waals surface area contributed by atoms with Gasteiger partial charge in [-0.15, -0.1) is 5.10 Å². The second kappa shape index (κ2) is 9.33. The Morgan fingerprint density at radius 2 is 2.03 bits per heavy atom. The van der Waals surface area contributed by atoms with Crippen LogP contribution in [0.25, 0.3) is 5.82 Å². The van der Waals surface area contributed by atoms with E-state index in [1.54, 1.807) is 0 Å². The van der Waals surface area contributed by atoms with Crippen LogP contribution in [0, 0.1) is 5.92 Å². The van der Waals surface area contributed by atoms with Crippen molar-refractivity contribution < 1.29 is 9.42 Å². The summed E-state index contributed by atoms with van der Waals surface area (Å²) in [5, 5.41) is 19.8. The monoisotopic (exact) mass is 415 g/mol. The molecular weight excluding hydrogens is 386 g/mol. The molecule has 0 aromatic carbocycles. The Kier molecular flexibility index (Phi) is 6.36. The highest BCUT2D eigenvalue weighted by molar-refractivity contribution is 5.93. The average molecular weight is 416 g/mol. The van der Waals surface area contributed by atoms with Crippen LogP contribution in [0.3, 0.4) is 0 Å². The molecule has 1 saturated carbocycles. The Morgan fingerprint density at radius 3 is 2.77 bits per heavy atom. The molecule has 3 N–H and O–H groups in total. The van der Waals surface area contributed by atoms with Crippen molar-refractivity contribution in [1.82, 2.24) is 35.6 Å². The molecule has 30 heavy (non-hydrogen) atoms. The first-order valence-electron chi connectivity index (χ1n) is 10.7. The molecule has 0 radical (unpaired) electrons. The summed E-state index contributed by atoms with van der Waals surface area (Å²) in [7, 11) is 0. The molecule has 2 aromatic rings. The molecule has 0 bridgehead atoms. The quantitative estimate of drug-likeness (QED) is 0.538. The normalized spacial score (nSPS) is 21.3. The van der Waals surface area contributed by atoms with E-state index in [2.05, 4.69) is 43.0 Å². The molecule has 1 aliphatic heterocycles. The van der Waals surface area contributed by atoms with Crippen LogP contribution < -0.4 is 11.2 Å². The average Bonchev–Trinajstić information content (AvgIpc) is 3.36. The van der Waals surface area contributed by atoms with E-state index in [9.17, 15) is 4.79 Å². The molecule has 11 heteroatoms. The van der Waals surface area contributed by atoms with Crippen LogP contribution in [0.1, 0.15) is 74.5 Å². The van der Waals surface area contributed by atoms with Gasteiger partial charge in [0.25, 0.3) is 5.91 Å². The van der Waals surface area contributed by atoms with Gasteiger partial charge >= 0.3 is 0 Å². The minimum absolute atomic E-state index is 0.0927. The maximum atomic E-state index is 12.8. The zero-order chi connectivity index (χ0) is 20.9. The van der Waals surface area contributed by atoms with Crippen LogP contribution >= 0.6 is 0 Å². The lowest BCUT2D eigenvalue weighted by atomic mass is 9.90. The van der Waals surface area contributed by atoms with E-state index >= 15 is 0 Å². The SMILES string of the molecule is CC1CCCCN1Cc1c(C(=O)NN=CC2CCCCC2)nnn1-c1nonc1N. The maximum Gasteiger partial charge on any atom is 0.293 e. The molecule has 1 amide bonds. The smallest absolute Gasteiger partial charge is 0.293 e. The number of nitrogens with two attached hydrogens (primary N) is 1. The van der Waals surface area contributed by atoms with Gasteiger partial charge in [0.2, 0.25) is 11.6 Å². The lowest BCUT2D eigenvalue weighted by Crippen LogP contribution is -2.38. The van der Waals surface area contributed by atoms with Crippen molar-refractivity contribution in [3.63, 3.8) is 0 Å². The molecule has 2 aliphatic rings. The maximum absolute atomic E-state index is 12.8. The number of nitrogens with one attached hydrogen (secondary N) is 1. The lowest BCUT2D eigenvalue weighted by Gasteiger charge is -2.33. The second-order valence-corrected chi connectivity index (χ2v) is 8.20. The van der Waals surface area contributed by atoms with Crippen molar-refractivity contribution in [2.24, 2.45) is 11.0 Å². The molecule has 0 spiro atoms. The Labute approximate surface area is 175 Å². The van der Waals surface area contributed by atoms with Gasteiger partial charge in [-0.2, -0.15) is 9.78 Å². The number of piperidine rings is 1. The third-order valence-corrected chi connectivity index (χ3v) is 6.07. The molecule has 162 valence electrons. The highest BCUT2D eigenvalue weighted by Gasteiger charge is 2.28. The number of aromatic nitrogens is 5. The van der Waals surface area contributed by atoms with Crippen molar-refractivity contribution >= 4 is 17.9 Å². The van der Waals surface area contributed by atoms with Gasteiger partial charge in [0.15, 0.2) is 5.69 Å². The van der Waals surface area contributed by atoms with Gasteiger partial charge in [-0.3, -0.25) is 9.69 Å². The number of nitrogen functional groups attached to an aromatic ring is 1. The van der Waals surface area contributed by atoms with Gasteiger partial charge in [-0.25, -0.2) is 10.1 Å². The zero-order valence-electron chi connectivity index (χ0n) is 17.3. The molecule has 2 fully saturated rings. The number of rotatable bonds is 6. The van der Waals surface area contributed by atoms with Gasteiger partial charge in [-0.05, 0) is 55.4 Å². The summed E-state index contributed by atoms with van der Waals surface area (Å²) in [4.78, 5) is 15.2. The summed E-state index contributed by atoms with van der Waals surface area (Å²) in [6.45, 7) is 3.63. The first-order valence-corrected chi connectivity index (χ1v) is 10.7. The summed E-state index contributed by atoms with van der Waals surface area (Å²) in [5.74, 6) is 0.342. The van der Waals surface area contributed by atoms with Gasteiger partial charge in [0.05, 0.1) is 5.69 Å². The molecule has 1 unspecified atom stereocenters. The fourth-order valence-electron chi connectivity index (χ4n) is 4.25. The zero-order valence-corrected chi connectivity index (χ0v) is 17.3. The molecule has 11 nitrogen and oxygen atoms in total. The van der Waals surface area contributed by atoms with Crippen LogP contribution in [0.2, 0.25) is 0 Å². The predicted molar refractivity (Wildman–Crippen MR) is 110 cm³/mol. The van der Waals surface area contributed by atoms with Crippen molar-refractivity contribution in [2.75, 3.05) is 12.3 Å². The molecular formula is C19H29N9O2. The van der Waals surface area contributed by atoms with E-state index in [4.69, 9.17) is 10.4 Å². The number of carbonyl (C=O) groups excluding carboxylic acids is 1. The molecule has 1 atom stereocenters. The van der Waals surface area contributed by atoms with Gasteiger partial charge in [0, 0.05) is 18.8 Å². The largest absolute Gasteiger partial charge is 0.378 e. The van der Waals surface area contributed by atoms with Crippen LogP contribution in [-0.4, -0.2) is 54.9 Å². The molecule has 3 heterocycles. The lowest BCUT2D eigenvalue weighted by molar-refractivity contribution is 0.0944. The highest BCUT2D eigenvalue weighted by Crippen LogP contribution is 2.23. The number of nitrogens with zero attached hydrogens (tertiary/aromatic N) is 7. The fraction of sp³-hybridized carbons (Fsp3) is 0.684. The number of carbonyl (C=O) groups is 1. The van der Waals surface area contributed by atoms with Crippen LogP contribution in [0.5, 0.6) is 0 Å². The number of hydrogen-bond acceptors (Lipinski definition) is 9. The van der Waals surface area contributed by atoms with Gasteiger partial charge in [0.1, 0.15) is 0 Å². The Balaban J connectivity index is 1.55. The number of anilines is 1. The van der Waals surface area contributed by atoms with Crippen molar-refractivity contribution in [2.45, 2.75) is 70.9 Å². The Bertz CT molecular complexity index is 884. The van der Waals surface area contributed by atoms with E-state index in [1.807, 2.05) is 6.21 Å². The summed E-state index contributed by atoms with van der Waals surface area (Å²) >= 11 is 0. The standard InChI is InChI=1S/C19H29N9O2/c1-13-7-5-6-10-27(13)12-15-16(22-26-28(15)18-17(20)24-30-25-18)19(29)23-21-11-14-8-3-2-4-9-14/h11,13-14H,2-10,12H2,1H3,(H2,20,24)(H,23,29). The number of amides is 1. The van der Waals surface area contributed by atoms with E-state index in [0.29, 0.717) is 24.2 Å². The fourth-order valence-corrected chi connectivity index (χ4v) is 4.25. The van der Waals surface area contributed by atoms with Gasteiger partial charge in [-0.1, -0.05) is 30.9 Å². The second-order valence-electron chi connectivity index (χ2n) is 8.20. The third kappa shape index (κ3) is 4.50. The minimum atomic E-state index is -0.400. The highest BCUT2D eigenvalue weighted by atomic mass is 16.6. The van der Waals surface area contributed by atoms with Gasteiger partial charge < -0.3 is 5.73 Å². The summed E-state index contributed by atoms with van der Waals surface area (Å²) in [5.41, 5.74) is 9.27. The minimum Gasteiger partial charge on any atom is -0.378 e. The summed E-state index contributed by atoms with van der Waals surface area (Å²) in [6.07, 6.45) is 11.2. The number of hydrogen-bond donors (Lipinski definition) is 2. The van der Waals surface area contributed by atoms with Crippen molar-refractivity contribution in [1.29, 1.82) is 0 Å². The molecule has 1 aliphatic carbocycles. The third-order valence-electron chi connectivity index (χ3n) is 6.07. The van der Waals surface area contributed by atoms with Crippen LogP contribution in [0.15, 0.2) is 9.73 Å². The Hall–Kier alpha value is -2.82. The van der Waals surface area contributed by atoms with Crippen LogP contribution in [0.4, 0.5) is 5.82 Å². The van der Waals surface area contributed by atoms with Crippen LogP contribution in [-0.2, 0) is 6.54 Å². The first kappa shape index (κ1) is 20.5. The Morgan fingerprint density at radius 1 is 1.23 bits per heavy atom. The number of hydrazone groups is 1. The number of likely N-dealkylation sites (tertiary alicyclic amines) is 1. The summed E-state index contributed by atoms with van der Waals surface area (Å²) < 4.78 is 6.15. The molecule has 2 aromatic heterocycles. The first-order chi connectivity index (χ1) is 14.6. The topological polar surface area (TPSA) is 140 Å².